The van der Waals surface area contributed by atoms with Gasteiger partial charge < -0.3 is 10.6 Å². The zero-order valence-electron chi connectivity index (χ0n) is 13.6. The third-order valence-electron chi connectivity index (χ3n) is 4.08. The molecule has 4 nitrogen and oxygen atoms in total. The summed E-state index contributed by atoms with van der Waals surface area (Å²) in [7, 11) is 0. The Hall–Kier alpha value is -2.57. The predicted molar refractivity (Wildman–Crippen MR) is 89.1 cm³/mol. The van der Waals surface area contributed by atoms with E-state index in [4.69, 9.17) is 0 Å². The second-order valence-corrected chi connectivity index (χ2v) is 6.18. The van der Waals surface area contributed by atoms with Crippen LogP contribution in [0.15, 0.2) is 42.6 Å². The van der Waals surface area contributed by atoms with E-state index in [1.54, 1.807) is 12.1 Å². The first-order chi connectivity index (χ1) is 11.8. The van der Waals surface area contributed by atoms with Crippen LogP contribution in [0.4, 0.5) is 24.7 Å². The minimum atomic E-state index is -4.40. The van der Waals surface area contributed by atoms with Crippen molar-refractivity contribution in [1.29, 1.82) is 0 Å². The van der Waals surface area contributed by atoms with E-state index in [0.29, 0.717) is 5.69 Å². The summed E-state index contributed by atoms with van der Waals surface area (Å²) in [4.78, 5) is 15.7. The van der Waals surface area contributed by atoms with Crippen LogP contribution >= 0.6 is 0 Å². The van der Waals surface area contributed by atoms with Crippen LogP contribution in [-0.4, -0.2) is 10.9 Å². The number of hydrogen-bond donors (Lipinski definition) is 2. The highest BCUT2D eigenvalue weighted by molar-refractivity contribution is 5.94. The third-order valence-corrected chi connectivity index (χ3v) is 4.08. The maximum Gasteiger partial charge on any atom is 0.416 e. The molecule has 1 aromatic heterocycles. The molecule has 1 unspecified atom stereocenters. The van der Waals surface area contributed by atoms with E-state index in [9.17, 15) is 18.0 Å². The topological polar surface area (TPSA) is 54.0 Å². The lowest BCUT2D eigenvalue weighted by molar-refractivity contribution is -0.137. The Bertz CT molecular complexity index is 755. The van der Waals surface area contributed by atoms with Gasteiger partial charge in [0.05, 0.1) is 5.56 Å². The summed E-state index contributed by atoms with van der Waals surface area (Å²) >= 11 is 0. The van der Waals surface area contributed by atoms with E-state index in [1.807, 2.05) is 19.1 Å². The van der Waals surface area contributed by atoms with Crippen molar-refractivity contribution in [1.82, 2.24) is 4.98 Å². The smallest absolute Gasteiger partial charge is 0.364 e. The first-order valence-electron chi connectivity index (χ1n) is 8.03. The van der Waals surface area contributed by atoms with Gasteiger partial charge in [-0.15, -0.1) is 0 Å². The van der Waals surface area contributed by atoms with E-state index in [0.717, 1.165) is 36.7 Å². The van der Waals surface area contributed by atoms with Crippen LogP contribution in [0.3, 0.4) is 0 Å². The van der Waals surface area contributed by atoms with Crippen LogP contribution in [0, 0.1) is 5.92 Å². The predicted octanol–water partition coefficient (Wildman–Crippen LogP) is 4.62. The first kappa shape index (κ1) is 17.3. The molecule has 0 aliphatic heterocycles. The van der Waals surface area contributed by atoms with E-state index in [2.05, 4.69) is 15.6 Å². The number of anilines is 2. The largest absolute Gasteiger partial charge is 0.416 e. The van der Waals surface area contributed by atoms with Gasteiger partial charge in [0.2, 0.25) is 5.91 Å². The van der Waals surface area contributed by atoms with Crippen LogP contribution in [0.1, 0.15) is 36.9 Å². The van der Waals surface area contributed by atoms with E-state index in [1.165, 1.54) is 0 Å². The number of benzene rings is 1. The Morgan fingerprint density at radius 3 is 2.48 bits per heavy atom. The highest BCUT2D eigenvalue weighted by Gasteiger charge is 2.31. The van der Waals surface area contributed by atoms with Gasteiger partial charge in [0, 0.05) is 23.8 Å². The van der Waals surface area contributed by atoms with Gasteiger partial charge in [-0.1, -0.05) is 12.1 Å². The molecule has 2 N–H and O–H groups in total. The molecule has 1 aromatic carbocycles. The minimum Gasteiger partial charge on any atom is -0.364 e. The molecular formula is C18H18F3N3O. The lowest BCUT2D eigenvalue weighted by Crippen LogP contribution is -2.13. The fraction of sp³-hybridized carbons (Fsp3) is 0.333. The minimum absolute atomic E-state index is 0.0343. The molecule has 1 amide bonds. The maximum atomic E-state index is 12.7. The lowest BCUT2D eigenvalue weighted by atomic mass is 10.1. The van der Waals surface area contributed by atoms with Gasteiger partial charge >= 0.3 is 6.18 Å². The Labute approximate surface area is 143 Å². The van der Waals surface area contributed by atoms with Gasteiger partial charge in [-0.05, 0) is 49.6 Å². The summed E-state index contributed by atoms with van der Waals surface area (Å²) < 4.78 is 38.2. The van der Waals surface area contributed by atoms with Crippen molar-refractivity contribution in [3.05, 3.63) is 53.7 Å². The number of halogens is 3. The van der Waals surface area contributed by atoms with Crippen molar-refractivity contribution >= 4 is 17.4 Å². The summed E-state index contributed by atoms with van der Waals surface area (Å²) in [6.45, 7) is 1.83. The molecule has 2 aromatic rings. The van der Waals surface area contributed by atoms with Gasteiger partial charge in [-0.25, -0.2) is 4.98 Å². The van der Waals surface area contributed by atoms with Crippen LogP contribution in [-0.2, 0) is 11.0 Å². The fourth-order valence-electron chi connectivity index (χ4n) is 2.44. The summed E-state index contributed by atoms with van der Waals surface area (Å²) in [6.07, 6.45) is -1.39. The molecule has 1 aliphatic rings. The summed E-state index contributed by atoms with van der Waals surface area (Å²) in [5, 5.41) is 5.81. The average Bonchev–Trinajstić information content (AvgIpc) is 3.40. The monoisotopic (exact) mass is 349 g/mol. The van der Waals surface area contributed by atoms with Crippen molar-refractivity contribution in [3.63, 3.8) is 0 Å². The Morgan fingerprint density at radius 1 is 1.20 bits per heavy atom. The van der Waals surface area contributed by atoms with Crippen LogP contribution < -0.4 is 10.6 Å². The number of nitrogens with zero attached hydrogens (tertiary/aromatic N) is 1. The summed E-state index contributed by atoms with van der Waals surface area (Å²) in [5.41, 5.74) is 0.851. The average molecular weight is 349 g/mol. The molecule has 1 fully saturated rings. The number of aromatic nitrogens is 1. The third kappa shape index (κ3) is 4.49. The van der Waals surface area contributed by atoms with Gasteiger partial charge in [0.25, 0.3) is 0 Å². The molecule has 132 valence electrons. The fourth-order valence-corrected chi connectivity index (χ4v) is 2.44. The van der Waals surface area contributed by atoms with E-state index in [-0.39, 0.29) is 23.7 Å². The molecule has 25 heavy (non-hydrogen) atoms. The van der Waals surface area contributed by atoms with E-state index < -0.39 is 11.7 Å². The molecule has 3 rings (SSSR count). The SMILES string of the molecule is CC(Nc1cc(C(F)(F)F)ccn1)c1ccc(NC(=O)C2CC2)cc1. The zero-order valence-corrected chi connectivity index (χ0v) is 13.6. The molecule has 1 heterocycles. The summed E-state index contributed by atoms with van der Waals surface area (Å²) in [5.74, 6) is 0.327. The van der Waals surface area contributed by atoms with Gasteiger partial charge in [0.15, 0.2) is 0 Å². The van der Waals surface area contributed by atoms with Gasteiger partial charge in [0.1, 0.15) is 5.82 Å². The summed E-state index contributed by atoms with van der Waals surface area (Å²) in [6, 6.07) is 8.92. The molecule has 1 aliphatic carbocycles. The van der Waals surface area contributed by atoms with Crippen LogP contribution in [0.5, 0.6) is 0 Å². The van der Waals surface area contributed by atoms with Crippen LogP contribution in [0.25, 0.3) is 0 Å². The van der Waals surface area contributed by atoms with Gasteiger partial charge in [-0.3, -0.25) is 4.79 Å². The maximum absolute atomic E-state index is 12.7. The molecule has 7 heteroatoms. The van der Waals surface area contributed by atoms with Crippen molar-refractivity contribution in [2.24, 2.45) is 5.92 Å². The number of carbonyl (C=O) groups excluding carboxylic acids is 1. The Morgan fingerprint density at radius 2 is 1.88 bits per heavy atom. The van der Waals surface area contributed by atoms with E-state index >= 15 is 0 Å². The molecule has 0 saturated heterocycles. The first-order valence-corrected chi connectivity index (χ1v) is 8.03. The zero-order chi connectivity index (χ0) is 18.0. The second-order valence-electron chi connectivity index (χ2n) is 6.18. The number of amides is 1. The molecule has 1 saturated carbocycles. The number of rotatable bonds is 5. The second kappa shape index (κ2) is 6.74. The number of alkyl halides is 3. The van der Waals surface area contributed by atoms with Gasteiger partial charge in [-0.2, -0.15) is 13.2 Å². The lowest BCUT2D eigenvalue weighted by Gasteiger charge is -2.16. The van der Waals surface area contributed by atoms with Crippen molar-refractivity contribution in [2.45, 2.75) is 32.0 Å². The number of nitrogens with one attached hydrogen (secondary N) is 2. The van der Waals surface area contributed by atoms with Crippen molar-refractivity contribution in [2.75, 3.05) is 10.6 Å². The molecule has 0 bridgehead atoms. The standard InChI is InChI=1S/C18H18F3N3O/c1-11(23-16-10-14(8-9-22-16)18(19,20)21)12-4-6-15(7-5-12)24-17(25)13-2-3-13/h4-11,13H,2-3H2,1H3,(H,22,23)(H,24,25). The van der Waals surface area contributed by atoms with Crippen LogP contribution in [0.2, 0.25) is 0 Å². The number of hydrogen-bond acceptors (Lipinski definition) is 3. The molecule has 0 radical (unpaired) electrons. The number of pyridine rings is 1. The number of carbonyl (C=O) groups is 1. The Kier molecular flexibility index (Phi) is 4.65. The Balaban J connectivity index is 1.64. The van der Waals surface area contributed by atoms with Crippen molar-refractivity contribution < 1.29 is 18.0 Å². The van der Waals surface area contributed by atoms with Crippen molar-refractivity contribution in [3.8, 4) is 0 Å². The molecule has 0 spiro atoms. The highest BCUT2D eigenvalue weighted by atomic mass is 19.4. The quantitative estimate of drug-likeness (QED) is 0.828. The molecule has 1 atom stereocenters. The highest BCUT2D eigenvalue weighted by Crippen LogP contribution is 2.31. The normalized spacial score (nSPS) is 15.5. The molecular weight excluding hydrogens is 331 g/mol.